The third-order valence-electron chi connectivity index (χ3n) is 1.75. The SMILES string of the molecule is NC(=O)NNC(=O)c1cccc(C(F)(F)F)c1. The zero-order valence-corrected chi connectivity index (χ0v) is 8.34. The van der Waals surface area contributed by atoms with E-state index in [1.807, 2.05) is 5.43 Å². The number of hydrazine groups is 1. The first kappa shape index (κ1) is 12.8. The van der Waals surface area contributed by atoms with Crippen LogP contribution in [0.25, 0.3) is 0 Å². The number of rotatable bonds is 1. The van der Waals surface area contributed by atoms with Gasteiger partial charge in [0.25, 0.3) is 5.91 Å². The zero-order chi connectivity index (χ0) is 13.1. The summed E-state index contributed by atoms with van der Waals surface area (Å²) in [6.45, 7) is 0. The summed E-state index contributed by atoms with van der Waals surface area (Å²) in [5.74, 6) is -0.894. The number of alkyl halides is 3. The second kappa shape index (κ2) is 4.73. The molecule has 0 bridgehead atoms. The van der Waals surface area contributed by atoms with Crippen LogP contribution >= 0.6 is 0 Å². The molecule has 1 rings (SSSR count). The standard InChI is InChI=1S/C9H8F3N3O2/c10-9(11,12)6-3-1-2-5(4-6)7(16)14-15-8(13)17/h1-4H,(H,14,16)(H3,13,15,17). The van der Waals surface area contributed by atoms with Gasteiger partial charge in [0.2, 0.25) is 0 Å². The fourth-order valence-electron chi connectivity index (χ4n) is 1.03. The molecule has 0 aliphatic carbocycles. The average molecular weight is 247 g/mol. The molecule has 0 spiro atoms. The van der Waals surface area contributed by atoms with Gasteiger partial charge in [-0.3, -0.25) is 10.2 Å². The van der Waals surface area contributed by atoms with Gasteiger partial charge in [-0.05, 0) is 18.2 Å². The fourth-order valence-corrected chi connectivity index (χ4v) is 1.03. The number of nitrogens with one attached hydrogen (secondary N) is 2. The highest BCUT2D eigenvalue weighted by molar-refractivity contribution is 5.95. The number of benzene rings is 1. The summed E-state index contributed by atoms with van der Waals surface area (Å²) in [5, 5.41) is 0. The number of halogens is 3. The second-order valence-corrected chi connectivity index (χ2v) is 3.02. The maximum Gasteiger partial charge on any atom is 0.416 e. The Bertz CT molecular complexity index is 445. The summed E-state index contributed by atoms with van der Waals surface area (Å²) in [4.78, 5) is 21.6. The fraction of sp³-hybridized carbons (Fsp3) is 0.111. The van der Waals surface area contributed by atoms with Crippen LogP contribution in [0.5, 0.6) is 0 Å². The molecule has 8 heteroatoms. The molecule has 0 aromatic heterocycles. The van der Waals surface area contributed by atoms with Gasteiger partial charge in [-0.25, -0.2) is 10.2 Å². The maximum atomic E-state index is 12.3. The number of carbonyl (C=O) groups excluding carboxylic acids is 2. The summed E-state index contributed by atoms with van der Waals surface area (Å²) < 4.78 is 37.0. The van der Waals surface area contributed by atoms with Crippen molar-refractivity contribution in [2.45, 2.75) is 6.18 Å². The molecule has 0 atom stereocenters. The Labute approximate surface area is 93.8 Å². The van der Waals surface area contributed by atoms with Gasteiger partial charge in [-0.2, -0.15) is 13.2 Å². The van der Waals surface area contributed by atoms with E-state index < -0.39 is 23.7 Å². The molecular weight excluding hydrogens is 239 g/mol. The lowest BCUT2D eigenvalue weighted by Crippen LogP contribution is -2.44. The Morgan fingerprint density at radius 1 is 1.18 bits per heavy atom. The van der Waals surface area contributed by atoms with E-state index in [1.54, 1.807) is 5.43 Å². The molecule has 1 aromatic carbocycles. The summed E-state index contributed by atoms with van der Waals surface area (Å²) in [5.41, 5.74) is 7.08. The van der Waals surface area contributed by atoms with E-state index in [0.717, 1.165) is 12.1 Å². The van der Waals surface area contributed by atoms with Crippen LogP contribution in [-0.4, -0.2) is 11.9 Å². The van der Waals surface area contributed by atoms with E-state index >= 15 is 0 Å². The van der Waals surface area contributed by atoms with Crippen molar-refractivity contribution in [3.8, 4) is 0 Å². The lowest BCUT2D eigenvalue weighted by molar-refractivity contribution is -0.137. The van der Waals surface area contributed by atoms with Crippen LogP contribution in [0.3, 0.4) is 0 Å². The van der Waals surface area contributed by atoms with Gasteiger partial charge >= 0.3 is 12.2 Å². The largest absolute Gasteiger partial charge is 0.416 e. The van der Waals surface area contributed by atoms with Gasteiger partial charge in [0.15, 0.2) is 0 Å². The zero-order valence-electron chi connectivity index (χ0n) is 8.34. The Kier molecular flexibility index (Phi) is 3.56. The average Bonchev–Trinajstić information content (AvgIpc) is 2.25. The van der Waals surface area contributed by atoms with E-state index in [2.05, 4.69) is 5.73 Å². The number of primary amides is 1. The molecule has 0 aliphatic heterocycles. The highest BCUT2D eigenvalue weighted by atomic mass is 19.4. The molecule has 5 nitrogen and oxygen atoms in total. The Balaban J connectivity index is 2.85. The van der Waals surface area contributed by atoms with Crippen LogP contribution in [0, 0.1) is 0 Å². The van der Waals surface area contributed by atoms with Crippen LogP contribution in [0.15, 0.2) is 24.3 Å². The van der Waals surface area contributed by atoms with Crippen LogP contribution in [0.1, 0.15) is 15.9 Å². The molecule has 0 aliphatic rings. The molecule has 92 valence electrons. The van der Waals surface area contributed by atoms with Crippen LogP contribution in [0.2, 0.25) is 0 Å². The third kappa shape index (κ3) is 3.67. The lowest BCUT2D eigenvalue weighted by Gasteiger charge is -2.09. The second-order valence-electron chi connectivity index (χ2n) is 3.02. The van der Waals surface area contributed by atoms with E-state index in [0.29, 0.717) is 6.07 Å². The molecule has 0 heterocycles. The lowest BCUT2D eigenvalue weighted by atomic mass is 10.1. The number of nitrogens with two attached hydrogens (primary N) is 1. The van der Waals surface area contributed by atoms with Gasteiger partial charge in [0.05, 0.1) is 5.56 Å². The molecule has 0 unspecified atom stereocenters. The van der Waals surface area contributed by atoms with Crippen molar-refractivity contribution < 1.29 is 22.8 Å². The Morgan fingerprint density at radius 3 is 2.35 bits per heavy atom. The van der Waals surface area contributed by atoms with Crippen LogP contribution in [0.4, 0.5) is 18.0 Å². The first-order valence-electron chi connectivity index (χ1n) is 4.34. The maximum absolute atomic E-state index is 12.3. The summed E-state index contributed by atoms with van der Waals surface area (Å²) in [6, 6.07) is 2.73. The van der Waals surface area contributed by atoms with Crippen molar-refractivity contribution in [2.75, 3.05) is 0 Å². The van der Waals surface area contributed by atoms with Gasteiger partial charge in [0, 0.05) is 5.56 Å². The highest BCUT2D eigenvalue weighted by Crippen LogP contribution is 2.29. The third-order valence-corrected chi connectivity index (χ3v) is 1.75. The molecule has 1 aromatic rings. The summed E-state index contributed by atoms with van der Waals surface area (Å²) >= 11 is 0. The molecule has 0 saturated heterocycles. The molecule has 0 radical (unpaired) electrons. The smallest absolute Gasteiger partial charge is 0.350 e. The van der Waals surface area contributed by atoms with Crippen molar-refractivity contribution in [1.82, 2.24) is 10.9 Å². The summed E-state index contributed by atoms with van der Waals surface area (Å²) in [7, 11) is 0. The van der Waals surface area contributed by atoms with Crippen LogP contribution in [-0.2, 0) is 6.18 Å². The minimum Gasteiger partial charge on any atom is -0.350 e. The van der Waals surface area contributed by atoms with Gasteiger partial charge in [-0.1, -0.05) is 6.07 Å². The van der Waals surface area contributed by atoms with Gasteiger partial charge in [0.1, 0.15) is 0 Å². The number of amides is 3. The van der Waals surface area contributed by atoms with E-state index in [-0.39, 0.29) is 5.56 Å². The topological polar surface area (TPSA) is 84.2 Å². The Hall–Kier alpha value is -2.25. The number of carbonyl (C=O) groups is 2. The number of hydrogen-bond acceptors (Lipinski definition) is 2. The van der Waals surface area contributed by atoms with E-state index in [1.165, 1.54) is 6.07 Å². The number of urea groups is 1. The predicted octanol–water partition coefficient (Wildman–Crippen LogP) is 1.02. The quantitative estimate of drug-likeness (QED) is 0.647. The van der Waals surface area contributed by atoms with Crippen molar-refractivity contribution in [3.63, 3.8) is 0 Å². The van der Waals surface area contributed by atoms with Crippen molar-refractivity contribution in [2.24, 2.45) is 5.73 Å². The minimum atomic E-state index is -4.53. The molecule has 3 amide bonds. The highest BCUT2D eigenvalue weighted by Gasteiger charge is 2.30. The number of hydrogen-bond donors (Lipinski definition) is 3. The van der Waals surface area contributed by atoms with E-state index in [4.69, 9.17) is 0 Å². The van der Waals surface area contributed by atoms with Crippen molar-refractivity contribution >= 4 is 11.9 Å². The molecular formula is C9H8F3N3O2. The van der Waals surface area contributed by atoms with Gasteiger partial charge in [-0.15, -0.1) is 0 Å². The molecule has 17 heavy (non-hydrogen) atoms. The summed E-state index contributed by atoms with van der Waals surface area (Å²) in [6.07, 6.45) is -4.53. The Morgan fingerprint density at radius 2 is 1.82 bits per heavy atom. The predicted molar refractivity (Wildman–Crippen MR) is 51.6 cm³/mol. The minimum absolute atomic E-state index is 0.242. The first-order valence-corrected chi connectivity index (χ1v) is 4.34. The van der Waals surface area contributed by atoms with Crippen molar-refractivity contribution in [1.29, 1.82) is 0 Å². The first-order chi connectivity index (χ1) is 7.80. The van der Waals surface area contributed by atoms with Gasteiger partial charge < -0.3 is 5.73 Å². The van der Waals surface area contributed by atoms with Crippen LogP contribution < -0.4 is 16.6 Å². The molecule has 0 fully saturated rings. The molecule has 0 saturated carbocycles. The van der Waals surface area contributed by atoms with E-state index in [9.17, 15) is 22.8 Å². The van der Waals surface area contributed by atoms with Crippen molar-refractivity contribution in [3.05, 3.63) is 35.4 Å². The monoisotopic (exact) mass is 247 g/mol. The normalized spacial score (nSPS) is 10.8. The molecule has 4 N–H and O–H groups in total.